The minimum absolute atomic E-state index is 0.120. The normalized spacial score (nSPS) is 46.2. The number of hydrogen-bond acceptors (Lipinski definition) is 2. The Labute approximate surface area is 115 Å². The highest BCUT2D eigenvalue weighted by Gasteiger charge is 2.68. The second kappa shape index (κ2) is 4.00. The minimum Gasteiger partial charge on any atom is -0.404 e. The third-order valence-corrected chi connectivity index (χ3v) is 6.04. The van der Waals surface area contributed by atoms with Crippen molar-refractivity contribution in [3.63, 3.8) is 0 Å². The molecule has 0 unspecified atom stereocenters. The molecule has 1 saturated heterocycles. The molecule has 0 spiro atoms. The van der Waals surface area contributed by atoms with Gasteiger partial charge in [-0.15, -0.1) is 18.2 Å². The third kappa shape index (κ3) is 1.57. The highest BCUT2D eigenvalue weighted by atomic mass is 35.5. The highest BCUT2D eigenvalue weighted by Crippen LogP contribution is 2.65. The Balaban J connectivity index is 1.78. The van der Waals surface area contributed by atoms with E-state index in [9.17, 15) is 0 Å². The van der Waals surface area contributed by atoms with E-state index in [0.29, 0.717) is 11.3 Å². The fourth-order valence-corrected chi connectivity index (χ4v) is 4.56. The number of halogens is 1. The monoisotopic (exact) mass is 268 g/mol. The van der Waals surface area contributed by atoms with Gasteiger partial charge in [0.25, 0.3) is 0 Å². The van der Waals surface area contributed by atoms with Crippen LogP contribution in [0.2, 0.25) is 0 Å². The van der Waals surface area contributed by atoms with E-state index in [4.69, 9.17) is 20.9 Å². The molecule has 1 heterocycles. The SMILES string of the molecule is C=CC[C@@H](Cl)B1O[C@@H]2C[C@@H]3C[C@@H](C3(C)C)[C@]2(C)O1. The zero-order chi connectivity index (χ0) is 13.1. The second-order valence-corrected chi connectivity index (χ2v) is 7.44. The molecule has 4 rings (SSSR count). The maximum absolute atomic E-state index is 6.33. The first kappa shape index (κ1) is 13.0. The van der Waals surface area contributed by atoms with Gasteiger partial charge in [-0.05, 0) is 43.4 Å². The van der Waals surface area contributed by atoms with Crippen molar-refractivity contribution in [2.24, 2.45) is 17.3 Å². The van der Waals surface area contributed by atoms with Crippen LogP contribution in [0.3, 0.4) is 0 Å². The van der Waals surface area contributed by atoms with Crippen molar-refractivity contribution in [1.29, 1.82) is 0 Å². The Hall–Kier alpha value is 0.0149. The Morgan fingerprint density at radius 2 is 2.17 bits per heavy atom. The smallest absolute Gasteiger partial charge is 0.404 e. The molecular formula is C14H22BClO2. The van der Waals surface area contributed by atoms with E-state index in [2.05, 4.69) is 27.4 Å². The molecule has 0 aromatic heterocycles. The van der Waals surface area contributed by atoms with Crippen LogP contribution in [0.5, 0.6) is 0 Å². The lowest BCUT2D eigenvalue weighted by Gasteiger charge is -2.64. The van der Waals surface area contributed by atoms with Crippen LogP contribution in [-0.4, -0.2) is 24.1 Å². The first-order valence-electron chi connectivity index (χ1n) is 6.98. The van der Waals surface area contributed by atoms with Crippen molar-refractivity contribution in [3.05, 3.63) is 12.7 Å². The minimum atomic E-state index is -0.269. The lowest BCUT2D eigenvalue weighted by atomic mass is 9.43. The molecule has 1 aliphatic heterocycles. The van der Waals surface area contributed by atoms with Crippen molar-refractivity contribution in [2.45, 2.75) is 57.0 Å². The van der Waals surface area contributed by atoms with Gasteiger partial charge in [0.1, 0.15) is 0 Å². The summed E-state index contributed by atoms with van der Waals surface area (Å²) in [6.45, 7) is 10.7. The Morgan fingerprint density at radius 3 is 2.78 bits per heavy atom. The summed E-state index contributed by atoms with van der Waals surface area (Å²) in [5, 5.41) is -0.120. The lowest BCUT2D eigenvalue weighted by Crippen LogP contribution is -2.65. The summed E-state index contributed by atoms with van der Waals surface area (Å²) in [6.07, 6.45) is 5.19. The molecule has 4 aliphatic rings. The number of hydrogen-bond donors (Lipinski definition) is 0. The maximum atomic E-state index is 6.33. The number of alkyl halides is 1. The average molecular weight is 269 g/mol. The molecule has 0 N–H and O–H groups in total. The molecule has 18 heavy (non-hydrogen) atoms. The van der Waals surface area contributed by atoms with Crippen molar-refractivity contribution < 1.29 is 9.31 Å². The number of rotatable bonds is 3. The fraction of sp³-hybridized carbons (Fsp3) is 0.857. The van der Waals surface area contributed by atoms with E-state index in [-0.39, 0.29) is 24.1 Å². The predicted octanol–water partition coefficient (Wildman–Crippen LogP) is 3.44. The predicted molar refractivity (Wildman–Crippen MR) is 74.6 cm³/mol. The van der Waals surface area contributed by atoms with Gasteiger partial charge < -0.3 is 9.31 Å². The van der Waals surface area contributed by atoms with Gasteiger partial charge in [-0.2, -0.15) is 0 Å². The van der Waals surface area contributed by atoms with E-state index in [1.165, 1.54) is 6.42 Å². The van der Waals surface area contributed by atoms with E-state index in [1.807, 2.05) is 6.08 Å². The van der Waals surface area contributed by atoms with Crippen LogP contribution >= 0.6 is 11.6 Å². The molecule has 4 heteroatoms. The first-order chi connectivity index (χ1) is 8.39. The lowest BCUT2D eigenvalue weighted by molar-refractivity contribution is -0.199. The summed E-state index contributed by atoms with van der Waals surface area (Å²) in [7, 11) is -0.269. The third-order valence-electron chi connectivity index (χ3n) is 5.66. The maximum Gasteiger partial charge on any atom is 0.477 e. The van der Waals surface area contributed by atoms with Crippen molar-refractivity contribution >= 4 is 18.7 Å². The van der Waals surface area contributed by atoms with Gasteiger partial charge in [0.15, 0.2) is 0 Å². The van der Waals surface area contributed by atoms with Crippen LogP contribution in [0.4, 0.5) is 0 Å². The zero-order valence-electron chi connectivity index (χ0n) is 11.5. The highest BCUT2D eigenvalue weighted by molar-refractivity contribution is 6.59. The Kier molecular flexibility index (Phi) is 2.90. The Bertz CT molecular complexity index is 373. The fourth-order valence-electron chi connectivity index (χ4n) is 4.32. The van der Waals surface area contributed by atoms with Crippen LogP contribution in [0.25, 0.3) is 0 Å². The number of allylic oxidation sites excluding steroid dienone is 1. The zero-order valence-corrected chi connectivity index (χ0v) is 12.2. The van der Waals surface area contributed by atoms with Crippen molar-refractivity contribution in [3.8, 4) is 0 Å². The van der Waals surface area contributed by atoms with Crippen molar-refractivity contribution in [1.82, 2.24) is 0 Å². The summed E-state index contributed by atoms with van der Waals surface area (Å²) in [4.78, 5) is 0. The summed E-state index contributed by atoms with van der Waals surface area (Å²) in [5.41, 5.74) is 0.251. The molecule has 0 aromatic carbocycles. The van der Waals surface area contributed by atoms with Gasteiger partial charge in [0, 0.05) is 0 Å². The molecule has 100 valence electrons. The average Bonchev–Trinajstić information content (AvgIpc) is 2.65. The molecule has 4 fully saturated rings. The van der Waals surface area contributed by atoms with Gasteiger partial charge in [-0.3, -0.25) is 0 Å². The van der Waals surface area contributed by atoms with Gasteiger partial charge in [-0.1, -0.05) is 19.9 Å². The van der Waals surface area contributed by atoms with Crippen LogP contribution in [0, 0.1) is 17.3 Å². The summed E-state index contributed by atoms with van der Waals surface area (Å²) >= 11 is 6.33. The van der Waals surface area contributed by atoms with E-state index < -0.39 is 0 Å². The van der Waals surface area contributed by atoms with Gasteiger partial charge in [0.2, 0.25) is 0 Å². The van der Waals surface area contributed by atoms with Crippen LogP contribution in [-0.2, 0) is 9.31 Å². The van der Waals surface area contributed by atoms with E-state index in [1.54, 1.807) is 0 Å². The first-order valence-corrected chi connectivity index (χ1v) is 7.41. The van der Waals surface area contributed by atoms with E-state index >= 15 is 0 Å². The second-order valence-electron chi connectivity index (χ2n) is 6.88. The topological polar surface area (TPSA) is 18.5 Å². The quantitative estimate of drug-likeness (QED) is 0.443. The van der Waals surface area contributed by atoms with Crippen LogP contribution in [0.15, 0.2) is 12.7 Å². The Morgan fingerprint density at radius 1 is 1.44 bits per heavy atom. The standard InChI is InChI=1S/C14H22BClO2/c1-5-6-12(16)15-17-11-8-9-7-10(13(9,2)3)14(11,4)18-15/h5,9-12H,1,6-8H2,2-4H3/t9-,10-,11+,12+,14-/m0/s1. The largest absolute Gasteiger partial charge is 0.477 e. The van der Waals surface area contributed by atoms with Crippen LogP contribution < -0.4 is 0 Å². The summed E-state index contributed by atoms with van der Waals surface area (Å²) in [5.74, 6) is 1.39. The summed E-state index contributed by atoms with van der Waals surface area (Å²) < 4.78 is 12.3. The molecule has 2 bridgehead atoms. The molecular weight excluding hydrogens is 246 g/mol. The van der Waals surface area contributed by atoms with Gasteiger partial charge >= 0.3 is 7.12 Å². The van der Waals surface area contributed by atoms with Crippen LogP contribution in [0.1, 0.15) is 40.0 Å². The van der Waals surface area contributed by atoms with Gasteiger partial charge in [-0.25, -0.2) is 0 Å². The van der Waals surface area contributed by atoms with E-state index in [0.717, 1.165) is 18.8 Å². The molecule has 2 nitrogen and oxygen atoms in total. The molecule has 5 atom stereocenters. The molecule has 3 saturated carbocycles. The molecule has 0 aromatic rings. The summed E-state index contributed by atoms with van der Waals surface area (Å²) in [6, 6.07) is 0. The molecule has 3 aliphatic carbocycles. The molecule has 0 amide bonds. The molecule has 0 radical (unpaired) electrons. The van der Waals surface area contributed by atoms with Gasteiger partial charge in [0.05, 0.1) is 17.0 Å². The van der Waals surface area contributed by atoms with Crippen molar-refractivity contribution in [2.75, 3.05) is 0 Å².